The van der Waals surface area contributed by atoms with Gasteiger partial charge in [-0.05, 0) is 43.9 Å². The van der Waals surface area contributed by atoms with Gasteiger partial charge in [0.25, 0.3) is 11.5 Å². The molecule has 1 amide bonds. The van der Waals surface area contributed by atoms with Crippen LogP contribution in [-0.2, 0) is 4.79 Å². The molecule has 0 radical (unpaired) electrons. The van der Waals surface area contributed by atoms with Gasteiger partial charge in [0.1, 0.15) is 0 Å². The Morgan fingerprint density at radius 2 is 2.16 bits per heavy atom. The van der Waals surface area contributed by atoms with Crippen molar-refractivity contribution in [1.29, 1.82) is 0 Å². The van der Waals surface area contributed by atoms with Crippen LogP contribution >= 0.6 is 11.6 Å². The van der Waals surface area contributed by atoms with E-state index >= 15 is 0 Å². The standard InChI is InChI=1S/C18H20ClN3O3/c1-3-15(18(24)20-13-6-7-13)25-16-8-9-17(23)22(21-16)14-10-12(19)5-4-11(14)2/h4-5,8-10,13,15H,3,6-7H2,1-2H3,(H,20,24)/t15-/m1/s1. The summed E-state index contributed by atoms with van der Waals surface area (Å²) in [5, 5.41) is 7.68. The second-order valence-electron chi connectivity index (χ2n) is 6.15. The zero-order chi connectivity index (χ0) is 18.0. The van der Waals surface area contributed by atoms with Gasteiger partial charge in [-0.25, -0.2) is 0 Å². The molecule has 1 heterocycles. The quantitative estimate of drug-likeness (QED) is 0.858. The first-order valence-corrected chi connectivity index (χ1v) is 8.69. The monoisotopic (exact) mass is 361 g/mol. The molecule has 1 N–H and O–H groups in total. The average Bonchev–Trinajstić information content (AvgIpc) is 3.40. The first-order chi connectivity index (χ1) is 12.0. The molecule has 1 aromatic heterocycles. The number of hydrogen-bond acceptors (Lipinski definition) is 4. The summed E-state index contributed by atoms with van der Waals surface area (Å²) in [6.45, 7) is 3.74. The topological polar surface area (TPSA) is 73.2 Å². The number of rotatable bonds is 6. The lowest BCUT2D eigenvalue weighted by atomic mass is 10.2. The number of ether oxygens (including phenoxy) is 1. The van der Waals surface area contributed by atoms with Gasteiger partial charge >= 0.3 is 0 Å². The molecule has 1 aromatic carbocycles. The van der Waals surface area contributed by atoms with Crippen LogP contribution in [0.5, 0.6) is 5.88 Å². The Morgan fingerprint density at radius 1 is 1.40 bits per heavy atom. The fourth-order valence-corrected chi connectivity index (χ4v) is 2.60. The van der Waals surface area contributed by atoms with Crippen LogP contribution in [0.15, 0.2) is 35.1 Å². The van der Waals surface area contributed by atoms with Gasteiger partial charge in [-0.3, -0.25) is 9.59 Å². The predicted octanol–water partition coefficient (Wildman–Crippen LogP) is 2.63. The number of carbonyl (C=O) groups is 1. The number of amides is 1. The van der Waals surface area contributed by atoms with E-state index in [1.807, 2.05) is 19.9 Å². The highest BCUT2D eigenvalue weighted by molar-refractivity contribution is 6.30. The smallest absolute Gasteiger partial charge is 0.271 e. The molecular formula is C18H20ClN3O3. The molecule has 0 spiro atoms. The number of nitrogens with zero attached hydrogens (tertiary/aromatic N) is 2. The first kappa shape index (κ1) is 17.5. The summed E-state index contributed by atoms with van der Waals surface area (Å²) in [7, 11) is 0. The highest BCUT2D eigenvalue weighted by Gasteiger charge is 2.28. The van der Waals surface area contributed by atoms with E-state index in [9.17, 15) is 9.59 Å². The first-order valence-electron chi connectivity index (χ1n) is 8.32. The van der Waals surface area contributed by atoms with Crippen LogP contribution in [0.25, 0.3) is 5.69 Å². The van der Waals surface area contributed by atoms with Gasteiger partial charge in [0.15, 0.2) is 6.10 Å². The second-order valence-corrected chi connectivity index (χ2v) is 6.59. The molecule has 1 aliphatic carbocycles. The van der Waals surface area contributed by atoms with Crippen LogP contribution < -0.4 is 15.6 Å². The lowest BCUT2D eigenvalue weighted by molar-refractivity contribution is -0.128. The molecule has 7 heteroatoms. The maximum absolute atomic E-state index is 12.2. The molecule has 6 nitrogen and oxygen atoms in total. The summed E-state index contributed by atoms with van der Waals surface area (Å²) >= 11 is 6.03. The van der Waals surface area contributed by atoms with E-state index in [1.54, 1.807) is 12.1 Å². The zero-order valence-corrected chi connectivity index (χ0v) is 14.9. The van der Waals surface area contributed by atoms with Crippen LogP contribution in [0, 0.1) is 6.92 Å². The van der Waals surface area contributed by atoms with Crippen LogP contribution in [-0.4, -0.2) is 27.8 Å². The Labute approximate surface area is 150 Å². The Balaban J connectivity index is 1.86. The maximum atomic E-state index is 12.2. The molecule has 1 atom stereocenters. The van der Waals surface area contributed by atoms with E-state index in [-0.39, 0.29) is 23.4 Å². The van der Waals surface area contributed by atoms with E-state index in [0.29, 0.717) is 17.1 Å². The number of carbonyl (C=O) groups excluding carboxylic acids is 1. The third-order valence-electron chi connectivity index (χ3n) is 4.03. The SMILES string of the molecule is CC[C@@H](Oc1ccc(=O)n(-c2cc(Cl)ccc2C)n1)C(=O)NC1CC1. The number of nitrogens with one attached hydrogen (secondary N) is 1. The van der Waals surface area contributed by atoms with Crippen molar-refractivity contribution in [2.24, 2.45) is 0 Å². The molecule has 0 unspecified atom stereocenters. The third kappa shape index (κ3) is 4.20. The average molecular weight is 362 g/mol. The fourth-order valence-electron chi connectivity index (χ4n) is 2.43. The Kier molecular flexibility index (Phi) is 5.08. The number of halogens is 1. The van der Waals surface area contributed by atoms with E-state index in [0.717, 1.165) is 18.4 Å². The Hall–Kier alpha value is -2.34. The fraction of sp³-hybridized carbons (Fsp3) is 0.389. The van der Waals surface area contributed by atoms with Crippen LogP contribution in [0.3, 0.4) is 0 Å². The molecule has 3 rings (SSSR count). The molecule has 0 bridgehead atoms. The van der Waals surface area contributed by atoms with Gasteiger partial charge in [0, 0.05) is 23.2 Å². The minimum Gasteiger partial charge on any atom is -0.463 e. The van der Waals surface area contributed by atoms with Gasteiger partial charge < -0.3 is 10.1 Å². The highest BCUT2D eigenvalue weighted by atomic mass is 35.5. The molecule has 1 aliphatic rings. The summed E-state index contributed by atoms with van der Waals surface area (Å²) in [6.07, 6.45) is 1.90. The Morgan fingerprint density at radius 3 is 2.84 bits per heavy atom. The van der Waals surface area contributed by atoms with Crippen molar-refractivity contribution in [2.45, 2.75) is 45.3 Å². The molecule has 0 aliphatic heterocycles. The van der Waals surface area contributed by atoms with E-state index < -0.39 is 6.10 Å². The van der Waals surface area contributed by atoms with Crippen LogP contribution in [0.1, 0.15) is 31.7 Å². The summed E-state index contributed by atoms with van der Waals surface area (Å²) in [4.78, 5) is 24.4. The van der Waals surface area contributed by atoms with E-state index in [4.69, 9.17) is 16.3 Å². The Bertz CT molecular complexity index is 846. The summed E-state index contributed by atoms with van der Waals surface area (Å²) in [6, 6.07) is 8.35. The number of aromatic nitrogens is 2. The molecule has 0 saturated heterocycles. The van der Waals surface area contributed by atoms with Crippen molar-refractivity contribution >= 4 is 17.5 Å². The van der Waals surface area contributed by atoms with Gasteiger partial charge in [-0.15, -0.1) is 5.10 Å². The van der Waals surface area contributed by atoms with Crippen molar-refractivity contribution in [1.82, 2.24) is 15.1 Å². The van der Waals surface area contributed by atoms with Crippen LogP contribution in [0.4, 0.5) is 0 Å². The molecule has 1 fully saturated rings. The third-order valence-corrected chi connectivity index (χ3v) is 4.26. The molecule has 2 aromatic rings. The van der Waals surface area contributed by atoms with Crippen molar-refractivity contribution in [3.63, 3.8) is 0 Å². The lowest BCUT2D eigenvalue weighted by Crippen LogP contribution is -2.39. The minimum atomic E-state index is -0.639. The lowest BCUT2D eigenvalue weighted by Gasteiger charge is -2.17. The predicted molar refractivity (Wildman–Crippen MR) is 95.5 cm³/mol. The highest BCUT2D eigenvalue weighted by Crippen LogP contribution is 2.20. The van der Waals surface area contributed by atoms with Crippen molar-refractivity contribution in [3.05, 3.63) is 51.3 Å². The van der Waals surface area contributed by atoms with Crippen molar-refractivity contribution in [2.75, 3.05) is 0 Å². The largest absolute Gasteiger partial charge is 0.463 e. The molecular weight excluding hydrogens is 342 g/mol. The number of hydrogen-bond donors (Lipinski definition) is 1. The minimum absolute atomic E-state index is 0.150. The number of aryl methyl sites for hydroxylation is 1. The zero-order valence-electron chi connectivity index (χ0n) is 14.2. The van der Waals surface area contributed by atoms with Crippen LogP contribution in [0.2, 0.25) is 5.02 Å². The molecule has 132 valence electrons. The van der Waals surface area contributed by atoms with Gasteiger partial charge in [-0.2, -0.15) is 4.68 Å². The maximum Gasteiger partial charge on any atom is 0.271 e. The van der Waals surface area contributed by atoms with E-state index in [2.05, 4.69) is 10.4 Å². The summed E-state index contributed by atoms with van der Waals surface area (Å²) < 4.78 is 6.96. The van der Waals surface area contributed by atoms with Gasteiger partial charge in [0.2, 0.25) is 5.88 Å². The molecule has 1 saturated carbocycles. The van der Waals surface area contributed by atoms with Crippen molar-refractivity contribution in [3.8, 4) is 11.6 Å². The van der Waals surface area contributed by atoms with Crippen molar-refractivity contribution < 1.29 is 9.53 Å². The summed E-state index contributed by atoms with van der Waals surface area (Å²) in [5.41, 5.74) is 1.14. The van der Waals surface area contributed by atoms with Gasteiger partial charge in [-0.1, -0.05) is 24.6 Å². The normalized spacial score (nSPS) is 14.8. The van der Waals surface area contributed by atoms with E-state index in [1.165, 1.54) is 16.8 Å². The van der Waals surface area contributed by atoms with Gasteiger partial charge in [0.05, 0.1) is 5.69 Å². The molecule has 25 heavy (non-hydrogen) atoms. The number of benzene rings is 1. The summed E-state index contributed by atoms with van der Waals surface area (Å²) in [5.74, 6) is 0.0697. The second kappa shape index (κ2) is 7.27.